The number of likely N-dealkylation sites (N-methyl/N-ethyl adjacent to an activating group) is 1. The molecule has 1 aliphatic rings. The average molecular weight is 291 g/mol. The first-order valence-electron chi connectivity index (χ1n) is 8.03. The Morgan fingerprint density at radius 3 is 2.67 bits per heavy atom. The fraction of sp³-hybridized carbons (Fsp3) is 0.647. The molecule has 21 heavy (non-hydrogen) atoms. The third kappa shape index (κ3) is 5.65. The first kappa shape index (κ1) is 16.3. The van der Waals surface area contributed by atoms with Gasteiger partial charge in [-0.1, -0.05) is 18.2 Å². The predicted molar refractivity (Wildman–Crippen MR) is 89.0 cm³/mol. The topological polar surface area (TPSA) is 27.7 Å². The second kappa shape index (κ2) is 9.03. The Kier molecular flexibility index (Phi) is 7.00. The monoisotopic (exact) mass is 291 g/mol. The minimum Gasteiger partial charge on any atom is -0.379 e. The van der Waals surface area contributed by atoms with Crippen LogP contribution in [0.4, 0.5) is 5.69 Å². The van der Waals surface area contributed by atoms with Crippen molar-refractivity contribution in [2.45, 2.75) is 19.4 Å². The number of ether oxygens (including phenoxy) is 1. The van der Waals surface area contributed by atoms with E-state index in [1.165, 1.54) is 37.2 Å². The first-order chi connectivity index (χ1) is 10.3. The number of anilines is 1. The number of nitrogens with zero attached hydrogens (tertiary/aromatic N) is 2. The molecule has 0 aliphatic carbocycles. The van der Waals surface area contributed by atoms with Crippen LogP contribution in [0.3, 0.4) is 0 Å². The lowest BCUT2D eigenvalue weighted by atomic mass is 10.1. The van der Waals surface area contributed by atoms with E-state index >= 15 is 0 Å². The van der Waals surface area contributed by atoms with E-state index in [9.17, 15) is 0 Å². The smallest absolute Gasteiger partial charge is 0.0593 e. The van der Waals surface area contributed by atoms with Crippen molar-refractivity contribution in [2.75, 3.05) is 58.4 Å². The standard InChI is InChI=1S/C17H29N3O/c1-19(2)12-14-21-13-9-18-15-16-7-3-4-8-17(16)20-10-5-6-11-20/h3-4,7-8,18H,5-6,9-15H2,1-2H3. The molecule has 0 radical (unpaired) electrons. The Morgan fingerprint density at radius 2 is 1.90 bits per heavy atom. The van der Waals surface area contributed by atoms with Crippen molar-refractivity contribution in [2.24, 2.45) is 0 Å². The molecule has 0 unspecified atom stereocenters. The van der Waals surface area contributed by atoms with Gasteiger partial charge in [-0.25, -0.2) is 0 Å². The van der Waals surface area contributed by atoms with Gasteiger partial charge in [0.25, 0.3) is 0 Å². The molecule has 0 bridgehead atoms. The summed E-state index contributed by atoms with van der Waals surface area (Å²) in [5.74, 6) is 0. The Bertz CT molecular complexity index is 403. The van der Waals surface area contributed by atoms with Crippen molar-refractivity contribution in [3.8, 4) is 0 Å². The highest BCUT2D eigenvalue weighted by atomic mass is 16.5. The van der Waals surface area contributed by atoms with Crippen molar-refractivity contribution < 1.29 is 4.74 Å². The van der Waals surface area contributed by atoms with Gasteiger partial charge in [-0.2, -0.15) is 0 Å². The molecule has 4 heteroatoms. The third-order valence-corrected chi connectivity index (χ3v) is 3.86. The Balaban J connectivity index is 1.68. The van der Waals surface area contributed by atoms with Gasteiger partial charge in [-0.3, -0.25) is 0 Å². The van der Waals surface area contributed by atoms with Crippen molar-refractivity contribution in [1.82, 2.24) is 10.2 Å². The lowest BCUT2D eigenvalue weighted by molar-refractivity contribution is 0.119. The molecule has 1 saturated heterocycles. The summed E-state index contributed by atoms with van der Waals surface area (Å²) in [7, 11) is 4.13. The fourth-order valence-corrected chi connectivity index (χ4v) is 2.64. The maximum absolute atomic E-state index is 5.60. The van der Waals surface area contributed by atoms with E-state index in [0.717, 1.165) is 32.8 Å². The molecule has 1 aromatic carbocycles. The van der Waals surface area contributed by atoms with Gasteiger partial charge < -0.3 is 19.9 Å². The maximum atomic E-state index is 5.60. The Morgan fingerprint density at radius 1 is 1.14 bits per heavy atom. The molecule has 0 atom stereocenters. The number of para-hydroxylation sites is 1. The lowest BCUT2D eigenvalue weighted by Gasteiger charge is -2.21. The van der Waals surface area contributed by atoms with Crippen LogP contribution in [0.1, 0.15) is 18.4 Å². The second-order valence-corrected chi connectivity index (χ2v) is 5.92. The van der Waals surface area contributed by atoms with Crippen LogP contribution in [-0.2, 0) is 11.3 Å². The van der Waals surface area contributed by atoms with Crippen molar-refractivity contribution in [1.29, 1.82) is 0 Å². The van der Waals surface area contributed by atoms with Crippen molar-refractivity contribution in [3.63, 3.8) is 0 Å². The molecule has 0 spiro atoms. The highest BCUT2D eigenvalue weighted by molar-refractivity contribution is 5.54. The van der Waals surface area contributed by atoms with Gasteiger partial charge in [0.2, 0.25) is 0 Å². The summed E-state index contributed by atoms with van der Waals surface area (Å²) in [5, 5.41) is 3.49. The summed E-state index contributed by atoms with van der Waals surface area (Å²) in [6.07, 6.45) is 2.64. The third-order valence-electron chi connectivity index (χ3n) is 3.86. The molecule has 0 amide bonds. The molecule has 1 heterocycles. The minimum atomic E-state index is 0.778. The zero-order valence-electron chi connectivity index (χ0n) is 13.5. The van der Waals surface area contributed by atoms with E-state index in [0.29, 0.717) is 0 Å². The van der Waals surface area contributed by atoms with Crippen LogP contribution in [0.2, 0.25) is 0 Å². The highest BCUT2D eigenvalue weighted by Crippen LogP contribution is 2.24. The molecule has 0 saturated carbocycles. The normalized spacial score (nSPS) is 15.1. The van der Waals surface area contributed by atoms with Crippen LogP contribution in [0, 0.1) is 0 Å². The molecule has 4 nitrogen and oxygen atoms in total. The van der Waals surface area contributed by atoms with Crippen LogP contribution in [0.25, 0.3) is 0 Å². The van der Waals surface area contributed by atoms with E-state index in [4.69, 9.17) is 4.74 Å². The number of rotatable bonds is 9. The van der Waals surface area contributed by atoms with E-state index < -0.39 is 0 Å². The molecular formula is C17H29N3O. The van der Waals surface area contributed by atoms with E-state index in [1.807, 2.05) is 0 Å². The number of hydrogen-bond donors (Lipinski definition) is 1. The van der Waals surface area contributed by atoms with Gasteiger partial charge in [-0.05, 0) is 38.6 Å². The van der Waals surface area contributed by atoms with Crippen LogP contribution in [-0.4, -0.2) is 58.4 Å². The van der Waals surface area contributed by atoms with E-state index in [1.54, 1.807) is 0 Å². The molecule has 0 aromatic heterocycles. The fourth-order valence-electron chi connectivity index (χ4n) is 2.64. The summed E-state index contributed by atoms with van der Waals surface area (Å²) in [5.41, 5.74) is 2.80. The zero-order valence-corrected chi connectivity index (χ0v) is 13.5. The molecule has 1 aliphatic heterocycles. The van der Waals surface area contributed by atoms with E-state index in [2.05, 4.69) is 53.5 Å². The molecule has 1 fully saturated rings. The molecule has 118 valence electrons. The van der Waals surface area contributed by atoms with Crippen LogP contribution >= 0.6 is 0 Å². The molecule has 2 rings (SSSR count). The first-order valence-corrected chi connectivity index (χ1v) is 8.03. The van der Waals surface area contributed by atoms with Gasteiger partial charge in [0.05, 0.1) is 13.2 Å². The lowest BCUT2D eigenvalue weighted by Crippen LogP contribution is -2.24. The van der Waals surface area contributed by atoms with Crippen molar-refractivity contribution in [3.05, 3.63) is 29.8 Å². The van der Waals surface area contributed by atoms with Gasteiger partial charge in [-0.15, -0.1) is 0 Å². The maximum Gasteiger partial charge on any atom is 0.0593 e. The van der Waals surface area contributed by atoms with Crippen LogP contribution < -0.4 is 10.2 Å². The van der Waals surface area contributed by atoms with Gasteiger partial charge in [0.1, 0.15) is 0 Å². The van der Waals surface area contributed by atoms with Gasteiger partial charge in [0, 0.05) is 38.4 Å². The predicted octanol–water partition coefficient (Wildman–Crippen LogP) is 1.95. The summed E-state index contributed by atoms with van der Waals surface area (Å²) < 4.78 is 5.60. The highest BCUT2D eigenvalue weighted by Gasteiger charge is 2.14. The largest absolute Gasteiger partial charge is 0.379 e. The Labute approximate surface area is 129 Å². The van der Waals surface area contributed by atoms with Crippen molar-refractivity contribution >= 4 is 5.69 Å². The average Bonchev–Trinajstić information content (AvgIpc) is 3.00. The van der Waals surface area contributed by atoms with Crippen LogP contribution in [0.5, 0.6) is 0 Å². The molecule has 1 aromatic rings. The molecular weight excluding hydrogens is 262 g/mol. The summed E-state index contributed by atoms with van der Waals surface area (Å²) in [4.78, 5) is 4.64. The van der Waals surface area contributed by atoms with E-state index in [-0.39, 0.29) is 0 Å². The summed E-state index contributed by atoms with van der Waals surface area (Å²) in [6, 6.07) is 8.75. The SMILES string of the molecule is CN(C)CCOCCNCc1ccccc1N1CCCC1. The molecule has 1 N–H and O–H groups in total. The second-order valence-electron chi connectivity index (χ2n) is 5.92. The quantitative estimate of drug-likeness (QED) is 0.704. The van der Waals surface area contributed by atoms with Crippen LogP contribution in [0.15, 0.2) is 24.3 Å². The summed E-state index contributed by atoms with van der Waals surface area (Å²) in [6.45, 7) is 6.79. The van der Waals surface area contributed by atoms with Gasteiger partial charge >= 0.3 is 0 Å². The minimum absolute atomic E-state index is 0.778. The zero-order chi connectivity index (χ0) is 14.9. The number of hydrogen-bond acceptors (Lipinski definition) is 4. The number of nitrogens with one attached hydrogen (secondary N) is 1. The summed E-state index contributed by atoms with van der Waals surface area (Å²) >= 11 is 0. The number of benzene rings is 1. The Hall–Kier alpha value is -1.10. The van der Waals surface area contributed by atoms with Gasteiger partial charge in [0.15, 0.2) is 0 Å².